The zero-order valence-electron chi connectivity index (χ0n) is 15.3. The number of ether oxygens (including phenoxy) is 2. The Kier molecular flexibility index (Phi) is 8.10. The van der Waals surface area contributed by atoms with Crippen LogP contribution < -0.4 is 15.4 Å². The van der Waals surface area contributed by atoms with Crippen molar-refractivity contribution < 1.29 is 19.1 Å². The van der Waals surface area contributed by atoms with Crippen LogP contribution >= 0.6 is 11.6 Å². The molecule has 144 valence electrons. The van der Waals surface area contributed by atoms with E-state index in [1.165, 1.54) is 0 Å². The Labute approximate surface area is 163 Å². The first-order valence-corrected chi connectivity index (χ1v) is 8.98. The fourth-order valence-electron chi connectivity index (χ4n) is 2.34. The van der Waals surface area contributed by atoms with Crippen molar-refractivity contribution in [3.8, 4) is 5.75 Å². The van der Waals surface area contributed by atoms with Crippen LogP contribution in [0.2, 0.25) is 5.02 Å². The van der Waals surface area contributed by atoms with Gasteiger partial charge < -0.3 is 20.1 Å². The second-order valence-electron chi connectivity index (χ2n) is 5.85. The topological polar surface area (TPSA) is 76.7 Å². The molecule has 27 heavy (non-hydrogen) atoms. The van der Waals surface area contributed by atoms with Gasteiger partial charge in [0.25, 0.3) is 11.8 Å². The maximum Gasteiger partial charge on any atom is 0.265 e. The van der Waals surface area contributed by atoms with Gasteiger partial charge in [0.1, 0.15) is 5.75 Å². The van der Waals surface area contributed by atoms with Crippen molar-refractivity contribution in [1.29, 1.82) is 0 Å². The van der Waals surface area contributed by atoms with Crippen LogP contribution in [0, 0.1) is 0 Å². The highest BCUT2D eigenvalue weighted by Gasteiger charge is 2.18. The smallest absolute Gasteiger partial charge is 0.265 e. The fraction of sp³-hybridized carbons (Fsp3) is 0.300. The predicted molar refractivity (Wildman–Crippen MR) is 105 cm³/mol. The van der Waals surface area contributed by atoms with E-state index >= 15 is 0 Å². The molecule has 0 saturated carbocycles. The molecule has 0 saturated heterocycles. The minimum absolute atomic E-state index is 0.259. The maximum absolute atomic E-state index is 12.5. The summed E-state index contributed by atoms with van der Waals surface area (Å²) in [6.45, 7) is 2.68. The molecule has 0 spiro atoms. The van der Waals surface area contributed by atoms with Crippen molar-refractivity contribution in [1.82, 2.24) is 5.32 Å². The average molecular weight is 391 g/mol. The van der Waals surface area contributed by atoms with E-state index in [1.807, 2.05) is 0 Å². The standard InChI is InChI=1S/C20H23ClN2O4/c1-14(27-16-8-5-7-15(21)13-16)19(24)23-18-10-4-3-9-17(18)20(25)22-11-6-12-26-2/h3-5,7-10,13-14H,6,11-12H2,1-2H3,(H,22,25)(H,23,24)/t14-/m0/s1. The average Bonchev–Trinajstić information content (AvgIpc) is 2.65. The summed E-state index contributed by atoms with van der Waals surface area (Å²) in [5.74, 6) is -0.130. The Morgan fingerprint density at radius 3 is 2.67 bits per heavy atom. The normalized spacial score (nSPS) is 11.5. The number of methoxy groups -OCH3 is 1. The predicted octanol–water partition coefficient (Wildman–Crippen LogP) is 3.51. The SMILES string of the molecule is COCCCNC(=O)c1ccccc1NC(=O)[C@H](C)Oc1cccc(Cl)c1. The number of hydrogen-bond donors (Lipinski definition) is 2. The third-order valence-corrected chi connectivity index (χ3v) is 3.95. The zero-order chi connectivity index (χ0) is 19.6. The van der Waals surface area contributed by atoms with Gasteiger partial charge in [-0.1, -0.05) is 29.8 Å². The molecule has 2 aromatic rings. The van der Waals surface area contributed by atoms with Crippen LogP contribution in [0.3, 0.4) is 0 Å². The number of carbonyl (C=O) groups excluding carboxylic acids is 2. The van der Waals surface area contributed by atoms with Crippen LogP contribution in [-0.4, -0.2) is 38.2 Å². The highest BCUT2D eigenvalue weighted by Crippen LogP contribution is 2.20. The van der Waals surface area contributed by atoms with E-state index in [9.17, 15) is 9.59 Å². The van der Waals surface area contributed by atoms with Crippen molar-refractivity contribution in [3.05, 3.63) is 59.1 Å². The fourth-order valence-corrected chi connectivity index (χ4v) is 2.52. The van der Waals surface area contributed by atoms with Gasteiger partial charge in [0, 0.05) is 25.3 Å². The summed E-state index contributed by atoms with van der Waals surface area (Å²) >= 11 is 5.92. The molecule has 0 radical (unpaired) electrons. The Hall–Kier alpha value is -2.57. The van der Waals surface area contributed by atoms with Gasteiger partial charge >= 0.3 is 0 Å². The lowest BCUT2D eigenvalue weighted by molar-refractivity contribution is -0.122. The second-order valence-corrected chi connectivity index (χ2v) is 6.29. The Morgan fingerprint density at radius 2 is 1.93 bits per heavy atom. The number of anilines is 1. The van der Waals surface area contributed by atoms with Crippen LogP contribution in [0.25, 0.3) is 0 Å². The minimum atomic E-state index is -0.763. The molecule has 0 aliphatic heterocycles. The van der Waals surface area contributed by atoms with Crippen LogP contribution in [0.4, 0.5) is 5.69 Å². The van der Waals surface area contributed by atoms with Crippen molar-refractivity contribution in [2.45, 2.75) is 19.4 Å². The molecule has 0 heterocycles. The van der Waals surface area contributed by atoms with Crippen LogP contribution in [-0.2, 0) is 9.53 Å². The lowest BCUT2D eigenvalue weighted by Crippen LogP contribution is -2.32. The highest BCUT2D eigenvalue weighted by atomic mass is 35.5. The third kappa shape index (κ3) is 6.58. The first-order valence-electron chi connectivity index (χ1n) is 8.60. The first-order chi connectivity index (χ1) is 13.0. The largest absolute Gasteiger partial charge is 0.481 e. The molecule has 0 fully saturated rings. The van der Waals surface area contributed by atoms with E-state index in [0.717, 1.165) is 0 Å². The van der Waals surface area contributed by atoms with Gasteiger partial charge in [-0.2, -0.15) is 0 Å². The number of carbonyl (C=O) groups is 2. The Bertz CT molecular complexity index is 782. The number of amides is 2. The van der Waals surface area contributed by atoms with Gasteiger partial charge in [0.05, 0.1) is 11.3 Å². The zero-order valence-corrected chi connectivity index (χ0v) is 16.1. The molecule has 7 heteroatoms. The van der Waals surface area contributed by atoms with Crippen LogP contribution in [0.15, 0.2) is 48.5 Å². The second kappa shape index (κ2) is 10.5. The molecule has 0 unspecified atom stereocenters. The highest BCUT2D eigenvalue weighted by molar-refractivity contribution is 6.30. The number of hydrogen-bond acceptors (Lipinski definition) is 4. The van der Waals surface area contributed by atoms with Crippen LogP contribution in [0.5, 0.6) is 5.75 Å². The molecule has 2 aromatic carbocycles. The molecular formula is C20H23ClN2O4. The minimum Gasteiger partial charge on any atom is -0.481 e. The third-order valence-electron chi connectivity index (χ3n) is 3.72. The maximum atomic E-state index is 12.5. The Morgan fingerprint density at radius 1 is 1.15 bits per heavy atom. The molecule has 1 atom stereocenters. The summed E-state index contributed by atoms with van der Waals surface area (Å²) in [5.41, 5.74) is 0.812. The molecule has 0 aromatic heterocycles. The molecule has 0 bridgehead atoms. The summed E-state index contributed by atoms with van der Waals surface area (Å²) in [6, 6.07) is 13.6. The van der Waals surface area contributed by atoms with Gasteiger partial charge in [-0.3, -0.25) is 9.59 Å². The summed E-state index contributed by atoms with van der Waals surface area (Å²) in [7, 11) is 1.61. The summed E-state index contributed by atoms with van der Waals surface area (Å²) in [6.07, 6.45) is -0.0531. The van der Waals surface area contributed by atoms with Crippen molar-refractivity contribution in [2.24, 2.45) is 0 Å². The van der Waals surface area contributed by atoms with E-state index in [4.69, 9.17) is 21.1 Å². The number of para-hydroxylation sites is 1. The summed E-state index contributed by atoms with van der Waals surface area (Å²) < 4.78 is 10.6. The van der Waals surface area contributed by atoms with E-state index in [2.05, 4.69) is 10.6 Å². The molecule has 2 amide bonds. The van der Waals surface area contributed by atoms with Crippen molar-refractivity contribution in [2.75, 3.05) is 25.6 Å². The van der Waals surface area contributed by atoms with Crippen molar-refractivity contribution >= 4 is 29.1 Å². The van der Waals surface area contributed by atoms with Crippen LogP contribution in [0.1, 0.15) is 23.7 Å². The summed E-state index contributed by atoms with van der Waals surface area (Å²) in [4.78, 5) is 24.8. The summed E-state index contributed by atoms with van der Waals surface area (Å²) in [5, 5.41) is 6.08. The van der Waals surface area contributed by atoms with E-state index < -0.39 is 6.10 Å². The molecule has 2 rings (SSSR count). The van der Waals surface area contributed by atoms with Crippen molar-refractivity contribution in [3.63, 3.8) is 0 Å². The van der Waals surface area contributed by atoms with E-state index in [1.54, 1.807) is 62.6 Å². The van der Waals surface area contributed by atoms with Gasteiger partial charge in [-0.15, -0.1) is 0 Å². The molecular weight excluding hydrogens is 368 g/mol. The Balaban J connectivity index is 1.99. The molecule has 0 aliphatic carbocycles. The first kappa shape index (κ1) is 20.7. The quantitative estimate of drug-likeness (QED) is 0.642. The van der Waals surface area contributed by atoms with E-state index in [-0.39, 0.29) is 11.8 Å². The number of halogens is 1. The number of nitrogens with one attached hydrogen (secondary N) is 2. The lowest BCUT2D eigenvalue weighted by Gasteiger charge is -2.16. The van der Waals surface area contributed by atoms with Gasteiger partial charge in [0.2, 0.25) is 0 Å². The molecule has 0 aliphatic rings. The molecule has 2 N–H and O–H groups in total. The molecule has 6 nitrogen and oxygen atoms in total. The van der Waals surface area contributed by atoms with Gasteiger partial charge in [-0.25, -0.2) is 0 Å². The number of rotatable bonds is 9. The van der Waals surface area contributed by atoms with Gasteiger partial charge in [0.15, 0.2) is 6.10 Å². The number of benzene rings is 2. The van der Waals surface area contributed by atoms with Gasteiger partial charge in [-0.05, 0) is 43.7 Å². The lowest BCUT2D eigenvalue weighted by atomic mass is 10.1. The van der Waals surface area contributed by atoms with E-state index in [0.29, 0.717) is 41.6 Å². The monoisotopic (exact) mass is 390 g/mol.